The summed E-state index contributed by atoms with van der Waals surface area (Å²) < 4.78 is 4.85. The summed E-state index contributed by atoms with van der Waals surface area (Å²) in [6.45, 7) is 0.347. The highest BCUT2D eigenvalue weighted by Gasteiger charge is 2.24. The quantitative estimate of drug-likeness (QED) is 0.796. The zero-order chi connectivity index (χ0) is 15.9. The molecular weight excluding hydrogens is 328 g/mol. The molecular formula is C14H15ClN2O4S. The summed E-state index contributed by atoms with van der Waals surface area (Å²) in [5.41, 5.74) is 0.854. The number of hydrogen-bond acceptors (Lipinski definition) is 5. The van der Waals surface area contributed by atoms with Crippen LogP contribution in [0.5, 0.6) is 0 Å². The summed E-state index contributed by atoms with van der Waals surface area (Å²) in [4.78, 5) is 35.9. The molecule has 0 saturated carbocycles. The molecule has 0 aromatic heterocycles. The fourth-order valence-corrected chi connectivity index (χ4v) is 2.85. The van der Waals surface area contributed by atoms with Gasteiger partial charge in [0, 0.05) is 23.9 Å². The molecule has 1 fully saturated rings. The minimum atomic E-state index is -0.589. The van der Waals surface area contributed by atoms with Crippen LogP contribution < -0.4 is 5.32 Å². The number of halogens is 1. The van der Waals surface area contributed by atoms with Gasteiger partial charge in [0.15, 0.2) is 6.61 Å². The van der Waals surface area contributed by atoms with Crippen molar-refractivity contribution in [1.82, 2.24) is 10.2 Å². The normalized spacial score (nSPS) is 14.0. The average Bonchev–Trinajstić information content (AvgIpc) is 2.88. The lowest BCUT2D eigenvalue weighted by Crippen LogP contribution is -2.34. The molecule has 22 heavy (non-hydrogen) atoms. The van der Waals surface area contributed by atoms with Crippen LogP contribution in [0, 0.1) is 0 Å². The van der Waals surface area contributed by atoms with E-state index in [9.17, 15) is 14.4 Å². The topological polar surface area (TPSA) is 75.7 Å². The lowest BCUT2D eigenvalue weighted by molar-refractivity contribution is -0.148. The number of ether oxygens (including phenoxy) is 1. The van der Waals surface area contributed by atoms with Gasteiger partial charge >= 0.3 is 5.97 Å². The van der Waals surface area contributed by atoms with E-state index in [1.807, 2.05) is 6.07 Å². The number of nitrogens with zero attached hydrogens (tertiary/aromatic N) is 1. The highest BCUT2D eigenvalue weighted by Crippen LogP contribution is 2.16. The first kappa shape index (κ1) is 16.6. The number of amides is 2. The number of carbonyl (C=O) groups is 3. The van der Waals surface area contributed by atoms with Gasteiger partial charge in [0.2, 0.25) is 0 Å². The van der Waals surface area contributed by atoms with Crippen LogP contribution in [0.2, 0.25) is 5.02 Å². The summed E-state index contributed by atoms with van der Waals surface area (Å²) >= 11 is 7.01. The number of esters is 1. The molecule has 1 aliphatic heterocycles. The average molecular weight is 343 g/mol. The second-order valence-electron chi connectivity index (χ2n) is 4.60. The summed E-state index contributed by atoms with van der Waals surface area (Å²) in [7, 11) is 0. The van der Waals surface area contributed by atoms with Crippen LogP contribution >= 0.6 is 23.4 Å². The molecule has 0 atom stereocenters. The van der Waals surface area contributed by atoms with Gasteiger partial charge in [0.25, 0.3) is 11.1 Å². The molecule has 0 bridgehead atoms. The molecule has 118 valence electrons. The first-order valence-electron chi connectivity index (χ1n) is 6.63. The van der Waals surface area contributed by atoms with Crippen LogP contribution in [0.25, 0.3) is 0 Å². The Kier molecular flexibility index (Phi) is 6.09. The number of benzene rings is 1. The van der Waals surface area contributed by atoms with Crippen molar-refractivity contribution in [3.05, 3.63) is 34.9 Å². The van der Waals surface area contributed by atoms with Gasteiger partial charge in [-0.3, -0.25) is 14.4 Å². The molecule has 1 saturated heterocycles. The van der Waals surface area contributed by atoms with Gasteiger partial charge in [0.05, 0.1) is 0 Å². The zero-order valence-electron chi connectivity index (χ0n) is 11.7. The van der Waals surface area contributed by atoms with Crippen molar-refractivity contribution >= 4 is 40.5 Å². The predicted molar refractivity (Wildman–Crippen MR) is 83.7 cm³/mol. The van der Waals surface area contributed by atoms with E-state index in [0.717, 1.165) is 5.56 Å². The maximum atomic E-state index is 11.6. The molecule has 0 spiro atoms. The van der Waals surface area contributed by atoms with Gasteiger partial charge in [0.1, 0.15) is 6.54 Å². The maximum absolute atomic E-state index is 11.6. The third kappa shape index (κ3) is 5.23. The summed E-state index contributed by atoms with van der Waals surface area (Å²) in [6.07, 6.45) is 0. The molecule has 2 amide bonds. The Morgan fingerprint density at radius 1 is 1.41 bits per heavy atom. The second-order valence-corrected chi connectivity index (χ2v) is 6.09. The lowest BCUT2D eigenvalue weighted by Gasteiger charge is -2.13. The van der Waals surface area contributed by atoms with Gasteiger partial charge in [-0.1, -0.05) is 35.5 Å². The van der Waals surface area contributed by atoms with Crippen molar-refractivity contribution < 1.29 is 19.1 Å². The molecule has 2 rings (SSSR count). The Bertz CT molecular complexity index is 582. The van der Waals surface area contributed by atoms with Crippen LogP contribution in [-0.2, 0) is 20.9 Å². The molecule has 1 aromatic carbocycles. The molecule has 1 aliphatic rings. The van der Waals surface area contributed by atoms with E-state index < -0.39 is 11.9 Å². The van der Waals surface area contributed by atoms with Crippen molar-refractivity contribution in [2.45, 2.75) is 6.54 Å². The highest BCUT2D eigenvalue weighted by molar-refractivity contribution is 8.13. The van der Waals surface area contributed by atoms with E-state index in [0.29, 0.717) is 23.9 Å². The van der Waals surface area contributed by atoms with Crippen LogP contribution in [0.15, 0.2) is 24.3 Å². The van der Waals surface area contributed by atoms with E-state index in [1.165, 1.54) is 16.7 Å². The fourth-order valence-electron chi connectivity index (χ4n) is 1.82. The van der Waals surface area contributed by atoms with Crippen LogP contribution in [0.3, 0.4) is 0 Å². The molecule has 0 aliphatic carbocycles. The van der Waals surface area contributed by atoms with Gasteiger partial charge in [-0.15, -0.1) is 0 Å². The Morgan fingerprint density at radius 2 is 2.23 bits per heavy atom. The molecule has 0 radical (unpaired) electrons. The minimum absolute atomic E-state index is 0.118. The van der Waals surface area contributed by atoms with Crippen LogP contribution in [0.1, 0.15) is 5.56 Å². The van der Waals surface area contributed by atoms with Gasteiger partial charge in [-0.25, -0.2) is 0 Å². The van der Waals surface area contributed by atoms with Crippen molar-refractivity contribution in [3.63, 3.8) is 0 Å². The Hall–Kier alpha value is -1.73. The van der Waals surface area contributed by atoms with Crippen molar-refractivity contribution in [2.24, 2.45) is 0 Å². The number of nitrogens with one attached hydrogen (secondary N) is 1. The monoisotopic (exact) mass is 342 g/mol. The molecule has 0 unspecified atom stereocenters. The first-order chi connectivity index (χ1) is 10.5. The Morgan fingerprint density at radius 3 is 2.91 bits per heavy atom. The van der Waals surface area contributed by atoms with Gasteiger partial charge in [-0.05, 0) is 17.7 Å². The van der Waals surface area contributed by atoms with E-state index in [1.54, 1.807) is 18.2 Å². The van der Waals surface area contributed by atoms with Crippen LogP contribution in [-0.4, -0.2) is 47.5 Å². The smallest absolute Gasteiger partial charge is 0.326 e. The van der Waals surface area contributed by atoms with E-state index >= 15 is 0 Å². The molecule has 1 heterocycles. The lowest BCUT2D eigenvalue weighted by atomic mass is 10.2. The van der Waals surface area contributed by atoms with Crippen molar-refractivity contribution in [3.8, 4) is 0 Å². The first-order valence-corrected chi connectivity index (χ1v) is 7.99. The van der Waals surface area contributed by atoms with Crippen molar-refractivity contribution in [2.75, 3.05) is 25.4 Å². The third-order valence-electron chi connectivity index (χ3n) is 2.91. The van der Waals surface area contributed by atoms with Crippen molar-refractivity contribution in [1.29, 1.82) is 0 Å². The summed E-state index contributed by atoms with van der Waals surface area (Å²) in [5, 5.41) is 3.08. The number of carbonyl (C=O) groups excluding carboxylic acids is 3. The summed E-state index contributed by atoms with van der Waals surface area (Å²) in [5.74, 6) is -0.323. The Balaban J connectivity index is 1.66. The zero-order valence-corrected chi connectivity index (χ0v) is 13.3. The predicted octanol–water partition coefficient (Wildman–Crippen LogP) is 1.67. The summed E-state index contributed by atoms with van der Waals surface area (Å²) in [6, 6.07) is 7.10. The maximum Gasteiger partial charge on any atom is 0.326 e. The van der Waals surface area contributed by atoms with E-state index in [-0.39, 0.29) is 18.4 Å². The number of thioether (sulfide) groups is 1. The van der Waals surface area contributed by atoms with Gasteiger partial charge in [-0.2, -0.15) is 0 Å². The second kappa shape index (κ2) is 8.05. The fraction of sp³-hybridized carbons (Fsp3) is 0.357. The highest BCUT2D eigenvalue weighted by atomic mass is 35.5. The minimum Gasteiger partial charge on any atom is -0.454 e. The number of hydrogen-bond donors (Lipinski definition) is 1. The van der Waals surface area contributed by atoms with E-state index in [2.05, 4.69) is 5.32 Å². The van der Waals surface area contributed by atoms with Crippen LogP contribution in [0.4, 0.5) is 4.79 Å². The SMILES string of the molecule is O=C(COC(=O)CN1CCSC1=O)NCc1cccc(Cl)c1. The third-order valence-corrected chi connectivity index (χ3v) is 4.03. The molecule has 6 nitrogen and oxygen atoms in total. The Labute approximate surface area is 137 Å². The molecule has 8 heteroatoms. The number of rotatable bonds is 6. The van der Waals surface area contributed by atoms with E-state index in [4.69, 9.17) is 16.3 Å². The van der Waals surface area contributed by atoms with Gasteiger partial charge < -0.3 is 15.0 Å². The molecule has 1 aromatic rings. The largest absolute Gasteiger partial charge is 0.454 e. The molecule has 1 N–H and O–H groups in total. The standard InChI is InChI=1S/C14H15ClN2O4S/c15-11-3-1-2-10(6-11)7-16-12(18)9-21-13(19)8-17-4-5-22-14(17)20/h1-3,6H,4-5,7-9H2,(H,16,18).